The topological polar surface area (TPSA) is 49.7 Å². The van der Waals surface area contributed by atoms with E-state index in [4.69, 9.17) is 9.84 Å². The predicted molar refractivity (Wildman–Crippen MR) is 57.7 cm³/mol. The molecule has 4 heteroatoms. The van der Waals surface area contributed by atoms with Crippen LogP contribution in [-0.2, 0) is 13.0 Å². The molecule has 14 heavy (non-hydrogen) atoms. The molecule has 1 aromatic rings. The van der Waals surface area contributed by atoms with Gasteiger partial charge in [0.05, 0.1) is 13.7 Å². The molecule has 0 saturated heterocycles. The van der Waals surface area contributed by atoms with E-state index in [1.807, 2.05) is 6.92 Å². The maximum atomic E-state index is 9.67. The number of aryl methyl sites for hydroxylation is 1. The van der Waals surface area contributed by atoms with E-state index in [0.29, 0.717) is 11.3 Å². The molecule has 1 aromatic carbocycles. The van der Waals surface area contributed by atoms with Crippen LogP contribution in [0, 0.1) is 0 Å². The third-order valence-electron chi connectivity index (χ3n) is 2.13. The van der Waals surface area contributed by atoms with Gasteiger partial charge < -0.3 is 14.9 Å². The monoisotopic (exact) mass is 260 g/mol. The third-order valence-corrected chi connectivity index (χ3v) is 3.12. The van der Waals surface area contributed by atoms with E-state index in [9.17, 15) is 5.11 Å². The zero-order valence-electron chi connectivity index (χ0n) is 8.17. The number of phenols is 1. The summed E-state index contributed by atoms with van der Waals surface area (Å²) in [6.07, 6.45) is 0.810. The van der Waals surface area contributed by atoms with Gasteiger partial charge in [0.25, 0.3) is 0 Å². The maximum Gasteiger partial charge on any atom is 0.164 e. The molecular weight excluding hydrogens is 248 g/mol. The lowest BCUT2D eigenvalue weighted by atomic mass is 10.1. The highest BCUT2D eigenvalue weighted by Crippen LogP contribution is 2.38. The minimum Gasteiger partial charge on any atom is -0.504 e. The lowest BCUT2D eigenvalue weighted by Crippen LogP contribution is -1.95. The number of hydrogen-bond donors (Lipinski definition) is 2. The molecule has 0 radical (unpaired) electrons. The largest absolute Gasteiger partial charge is 0.504 e. The quantitative estimate of drug-likeness (QED) is 0.877. The van der Waals surface area contributed by atoms with Crippen molar-refractivity contribution in [2.75, 3.05) is 7.11 Å². The second kappa shape index (κ2) is 4.66. The van der Waals surface area contributed by atoms with E-state index in [0.717, 1.165) is 16.5 Å². The summed E-state index contributed by atoms with van der Waals surface area (Å²) in [5.41, 5.74) is 1.48. The predicted octanol–water partition coefficient (Wildman–Crippen LogP) is 2.22. The number of methoxy groups -OCH3 is 1. The van der Waals surface area contributed by atoms with Crippen molar-refractivity contribution in [2.24, 2.45) is 0 Å². The molecule has 0 heterocycles. The van der Waals surface area contributed by atoms with Gasteiger partial charge in [-0.15, -0.1) is 0 Å². The van der Waals surface area contributed by atoms with Crippen molar-refractivity contribution < 1.29 is 14.9 Å². The minimum atomic E-state index is -0.212. The summed E-state index contributed by atoms with van der Waals surface area (Å²) < 4.78 is 5.75. The minimum absolute atomic E-state index is 0.000856. The number of hydrogen-bond acceptors (Lipinski definition) is 3. The van der Waals surface area contributed by atoms with E-state index in [1.165, 1.54) is 7.11 Å². The fraction of sp³-hybridized carbons (Fsp3) is 0.400. The lowest BCUT2D eigenvalue weighted by Gasteiger charge is -2.12. The molecule has 0 bridgehead atoms. The Morgan fingerprint density at radius 3 is 2.57 bits per heavy atom. The first-order valence-corrected chi connectivity index (χ1v) is 5.13. The molecule has 0 saturated carbocycles. The highest BCUT2D eigenvalue weighted by Gasteiger charge is 2.14. The number of aliphatic hydroxyl groups is 1. The lowest BCUT2D eigenvalue weighted by molar-refractivity contribution is 0.271. The van der Waals surface area contributed by atoms with Gasteiger partial charge in [-0.2, -0.15) is 0 Å². The van der Waals surface area contributed by atoms with Crippen LogP contribution >= 0.6 is 15.9 Å². The van der Waals surface area contributed by atoms with E-state index in [1.54, 1.807) is 6.07 Å². The number of aromatic hydroxyl groups is 1. The van der Waals surface area contributed by atoms with Crippen LogP contribution in [0.3, 0.4) is 0 Å². The molecule has 0 aliphatic rings. The van der Waals surface area contributed by atoms with Crippen molar-refractivity contribution >= 4 is 15.9 Å². The molecule has 0 fully saturated rings. The molecule has 0 aliphatic carbocycles. The average molecular weight is 261 g/mol. The van der Waals surface area contributed by atoms with Crippen molar-refractivity contribution in [3.05, 3.63) is 21.7 Å². The molecule has 0 aromatic heterocycles. The summed E-state index contributed by atoms with van der Waals surface area (Å²) >= 11 is 3.34. The van der Waals surface area contributed by atoms with E-state index in [2.05, 4.69) is 15.9 Å². The Morgan fingerprint density at radius 2 is 2.14 bits per heavy atom. The summed E-state index contributed by atoms with van der Waals surface area (Å²) in [5, 5.41) is 18.8. The Balaban J connectivity index is 3.39. The van der Waals surface area contributed by atoms with Crippen LogP contribution in [0.1, 0.15) is 18.1 Å². The molecule has 2 N–H and O–H groups in total. The van der Waals surface area contributed by atoms with Gasteiger partial charge in [0.1, 0.15) is 0 Å². The Kier molecular flexibility index (Phi) is 3.77. The van der Waals surface area contributed by atoms with Crippen molar-refractivity contribution in [1.29, 1.82) is 0 Å². The van der Waals surface area contributed by atoms with E-state index in [-0.39, 0.29) is 12.4 Å². The van der Waals surface area contributed by atoms with Crippen LogP contribution in [0.25, 0.3) is 0 Å². The Labute approximate surface area is 91.5 Å². The van der Waals surface area contributed by atoms with Gasteiger partial charge in [0, 0.05) is 10.0 Å². The van der Waals surface area contributed by atoms with Crippen LogP contribution in [0.15, 0.2) is 10.5 Å². The summed E-state index contributed by atoms with van der Waals surface area (Å²) in [6, 6.07) is 1.76. The van der Waals surface area contributed by atoms with Crippen molar-refractivity contribution in [2.45, 2.75) is 20.0 Å². The van der Waals surface area contributed by atoms with Gasteiger partial charge in [-0.25, -0.2) is 0 Å². The van der Waals surface area contributed by atoms with Gasteiger partial charge in [0.2, 0.25) is 0 Å². The second-order valence-corrected chi connectivity index (χ2v) is 3.68. The van der Waals surface area contributed by atoms with Gasteiger partial charge in [-0.05, 0) is 34.0 Å². The van der Waals surface area contributed by atoms with Crippen LogP contribution in [0.2, 0.25) is 0 Å². The number of aliphatic hydroxyl groups excluding tert-OH is 1. The number of rotatable bonds is 3. The summed E-state index contributed by atoms with van der Waals surface area (Å²) in [6.45, 7) is 1.79. The standard InChI is InChI=1S/C10H13BrO3/c1-3-6-4-8(14-2)10(13)7(5-12)9(6)11/h4,12-13H,3,5H2,1-2H3. The molecule has 1 rings (SSSR count). The molecule has 0 amide bonds. The van der Waals surface area contributed by atoms with Crippen LogP contribution in [0.5, 0.6) is 11.5 Å². The highest BCUT2D eigenvalue weighted by atomic mass is 79.9. The zero-order valence-corrected chi connectivity index (χ0v) is 9.76. The zero-order chi connectivity index (χ0) is 10.7. The van der Waals surface area contributed by atoms with Gasteiger partial charge >= 0.3 is 0 Å². The Hall–Kier alpha value is -0.740. The Morgan fingerprint density at radius 1 is 1.50 bits per heavy atom. The fourth-order valence-corrected chi connectivity index (χ4v) is 2.00. The maximum absolute atomic E-state index is 9.67. The first kappa shape index (κ1) is 11.3. The van der Waals surface area contributed by atoms with Crippen molar-refractivity contribution in [3.63, 3.8) is 0 Å². The van der Waals surface area contributed by atoms with Gasteiger partial charge in [0.15, 0.2) is 11.5 Å². The first-order chi connectivity index (χ1) is 6.65. The average Bonchev–Trinajstić information content (AvgIpc) is 2.19. The number of ether oxygens (including phenoxy) is 1. The highest BCUT2D eigenvalue weighted by molar-refractivity contribution is 9.10. The molecule has 0 atom stereocenters. The molecule has 0 unspecified atom stereocenters. The molecule has 78 valence electrons. The Bertz CT molecular complexity index is 308. The summed E-state index contributed by atoms with van der Waals surface area (Å²) in [4.78, 5) is 0. The summed E-state index contributed by atoms with van der Waals surface area (Å²) in [7, 11) is 1.49. The van der Waals surface area contributed by atoms with Gasteiger partial charge in [-0.1, -0.05) is 6.92 Å². The molecular formula is C10H13BrO3. The van der Waals surface area contributed by atoms with Crippen molar-refractivity contribution in [3.8, 4) is 11.5 Å². The summed E-state index contributed by atoms with van der Waals surface area (Å²) in [5.74, 6) is 0.396. The first-order valence-electron chi connectivity index (χ1n) is 4.33. The molecule has 3 nitrogen and oxygen atoms in total. The van der Waals surface area contributed by atoms with Crippen LogP contribution in [0.4, 0.5) is 0 Å². The number of benzene rings is 1. The SMILES string of the molecule is CCc1cc(OC)c(O)c(CO)c1Br. The van der Waals surface area contributed by atoms with Crippen molar-refractivity contribution in [1.82, 2.24) is 0 Å². The molecule has 0 spiro atoms. The van der Waals surface area contributed by atoms with Crippen LogP contribution in [-0.4, -0.2) is 17.3 Å². The molecule has 0 aliphatic heterocycles. The smallest absolute Gasteiger partial charge is 0.164 e. The fourth-order valence-electron chi connectivity index (χ4n) is 1.29. The number of halogens is 1. The third kappa shape index (κ3) is 1.86. The normalized spacial score (nSPS) is 10.3. The van der Waals surface area contributed by atoms with E-state index >= 15 is 0 Å². The second-order valence-electron chi connectivity index (χ2n) is 2.89. The van der Waals surface area contributed by atoms with E-state index < -0.39 is 0 Å². The van der Waals surface area contributed by atoms with Gasteiger partial charge in [-0.3, -0.25) is 0 Å². The van der Waals surface area contributed by atoms with Crippen LogP contribution < -0.4 is 4.74 Å².